The van der Waals surface area contributed by atoms with Crippen LogP contribution in [0.1, 0.15) is 31.0 Å². The number of rotatable bonds is 4. The fourth-order valence-electron chi connectivity index (χ4n) is 2.96. The lowest BCUT2D eigenvalue weighted by atomic mass is 10.0. The normalized spacial score (nSPS) is 19.5. The van der Waals surface area contributed by atoms with Crippen LogP contribution in [-0.4, -0.2) is 48.6 Å². The van der Waals surface area contributed by atoms with Gasteiger partial charge in [-0.1, -0.05) is 17.7 Å². The van der Waals surface area contributed by atoms with Crippen molar-refractivity contribution in [3.63, 3.8) is 0 Å². The molecule has 1 atom stereocenters. The summed E-state index contributed by atoms with van der Waals surface area (Å²) in [6.07, 6.45) is 0. The molecule has 112 valence electrons. The molecular weight excluding hydrogens is 253 g/mol. The second-order valence-electron chi connectivity index (χ2n) is 5.94. The van der Waals surface area contributed by atoms with E-state index in [9.17, 15) is 4.39 Å². The molecule has 1 aromatic rings. The first-order valence-corrected chi connectivity index (χ1v) is 7.47. The summed E-state index contributed by atoms with van der Waals surface area (Å²) in [6, 6.07) is 5.86. The van der Waals surface area contributed by atoms with E-state index in [1.54, 1.807) is 6.07 Å². The zero-order valence-electron chi connectivity index (χ0n) is 12.8. The average Bonchev–Trinajstić information content (AvgIpc) is 2.44. The first kappa shape index (κ1) is 15.4. The number of halogens is 1. The predicted molar refractivity (Wildman–Crippen MR) is 81.2 cm³/mol. The Labute approximate surface area is 121 Å². The van der Waals surface area contributed by atoms with Gasteiger partial charge in [0.1, 0.15) is 5.82 Å². The van der Waals surface area contributed by atoms with E-state index in [2.05, 4.69) is 23.6 Å². The Bertz CT molecular complexity index is 439. The van der Waals surface area contributed by atoms with Crippen LogP contribution in [0, 0.1) is 12.7 Å². The van der Waals surface area contributed by atoms with Crippen molar-refractivity contribution in [1.29, 1.82) is 0 Å². The topological polar surface area (TPSA) is 32.5 Å². The molecule has 2 N–H and O–H groups in total. The fourth-order valence-corrected chi connectivity index (χ4v) is 2.96. The van der Waals surface area contributed by atoms with Crippen molar-refractivity contribution in [1.82, 2.24) is 9.80 Å². The van der Waals surface area contributed by atoms with E-state index in [0.29, 0.717) is 12.6 Å². The number of nitrogens with zero attached hydrogens (tertiary/aromatic N) is 2. The Balaban J connectivity index is 2.11. The van der Waals surface area contributed by atoms with E-state index in [-0.39, 0.29) is 11.9 Å². The van der Waals surface area contributed by atoms with Gasteiger partial charge in [-0.05, 0) is 26.8 Å². The number of hydrogen-bond acceptors (Lipinski definition) is 3. The minimum Gasteiger partial charge on any atom is -0.329 e. The van der Waals surface area contributed by atoms with Crippen LogP contribution in [0.3, 0.4) is 0 Å². The molecule has 0 spiro atoms. The second kappa shape index (κ2) is 6.66. The van der Waals surface area contributed by atoms with Crippen molar-refractivity contribution in [3.8, 4) is 0 Å². The van der Waals surface area contributed by atoms with Crippen molar-refractivity contribution in [3.05, 3.63) is 35.1 Å². The van der Waals surface area contributed by atoms with E-state index in [1.807, 2.05) is 19.1 Å². The number of piperazine rings is 1. The van der Waals surface area contributed by atoms with Gasteiger partial charge in [-0.25, -0.2) is 4.39 Å². The van der Waals surface area contributed by atoms with Gasteiger partial charge in [-0.2, -0.15) is 0 Å². The van der Waals surface area contributed by atoms with Crippen molar-refractivity contribution in [2.75, 3.05) is 32.7 Å². The lowest BCUT2D eigenvalue weighted by Crippen LogP contribution is -2.51. The van der Waals surface area contributed by atoms with Gasteiger partial charge in [0.2, 0.25) is 0 Å². The third-order valence-corrected chi connectivity index (χ3v) is 4.25. The van der Waals surface area contributed by atoms with Crippen molar-refractivity contribution in [2.24, 2.45) is 5.73 Å². The molecule has 1 aliphatic heterocycles. The Morgan fingerprint density at radius 2 is 1.75 bits per heavy atom. The van der Waals surface area contributed by atoms with Crippen LogP contribution in [0.2, 0.25) is 0 Å². The van der Waals surface area contributed by atoms with E-state index >= 15 is 0 Å². The van der Waals surface area contributed by atoms with Crippen molar-refractivity contribution >= 4 is 0 Å². The molecule has 1 unspecified atom stereocenters. The monoisotopic (exact) mass is 279 g/mol. The van der Waals surface area contributed by atoms with E-state index in [1.165, 1.54) is 0 Å². The maximum atomic E-state index is 14.1. The number of aryl methyl sites for hydroxylation is 1. The van der Waals surface area contributed by atoms with Gasteiger partial charge in [-0.3, -0.25) is 9.80 Å². The highest BCUT2D eigenvalue weighted by atomic mass is 19.1. The van der Waals surface area contributed by atoms with Gasteiger partial charge in [0.05, 0.1) is 6.04 Å². The molecule has 0 aliphatic carbocycles. The summed E-state index contributed by atoms with van der Waals surface area (Å²) in [6.45, 7) is 10.9. The van der Waals surface area contributed by atoms with Gasteiger partial charge >= 0.3 is 0 Å². The van der Waals surface area contributed by atoms with Crippen LogP contribution in [0.4, 0.5) is 4.39 Å². The lowest BCUT2D eigenvalue weighted by molar-refractivity contribution is 0.0791. The minimum atomic E-state index is -0.141. The number of hydrogen-bond donors (Lipinski definition) is 1. The van der Waals surface area contributed by atoms with Crippen molar-refractivity contribution < 1.29 is 4.39 Å². The summed E-state index contributed by atoms with van der Waals surface area (Å²) in [7, 11) is 0. The smallest absolute Gasteiger partial charge is 0.128 e. The SMILES string of the molecule is Cc1ccc(F)c(C(CN)N2CCN(C(C)C)CC2)c1. The van der Waals surface area contributed by atoms with Gasteiger partial charge in [0.15, 0.2) is 0 Å². The quantitative estimate of drug-likeness (QED) is 0.917. The molecule has 1 heterocycles. The molecular formula is C16H26FN3. The van der Waals surface area contributed by atoms with Gasteiger partial charge in [-0.15, -0.1) is 0 Å². The molecule has 0 amide bonds. The molecule has 0 aromatic heterocycles. The molecule has 1 aliphatic rings. The second-order valence-corrected chi connectivity index (χ2v) is 5.94. The van der Waals surface area contributed by atoms with Crippen LogP contribution < -0.4 is 5.73 Å². The summed E-state index contributed by atoms with van der Waals surface area (Å²) in [5.74, 6) is -0.141. The number of nitrogens with two attached hydrogens (primary N) is 1. The summed E-state index contributed by atoms with van der Waals surface area (Å²) in [5, 5.41) is 0. The summed E-state index contributed by atoms with van der Waals surface area (Å²) in [5.41, 5.74) is 7.75. The molecule has 2 rings (SSSR count). The first-order valence-electron chi connectivity index (χ1n) is 7.47. The molecule has 0 bridgehead atoms. The zero-order valence-corrected chi connectivity index (χ0v) is 12.8. The molecule has 0 saturated carbocycles. The summed E-state index contributed by atoms with van der Waals surface area (Å²) in [4.78, 5) is 4.77. The van der Waals surface area contributed by atoms with E-state index in [4.69, 9.17) is 5.73 Å². The van der Waals surface area contributed by atoms with Crippen LogP contribution in [-0.2, 0) is 0 Å². The largest absolute Gasteiger partial charge is 0.329 e. The molecule has 1 fully saturated rings. The fraction of sp³-hybridized carbons (Fsp3) is 0.625. The highest BCUT2D eigenvalue weighted by Crippen LogP contribution is 2.25. The standard InChI is InChI=1S/C16H26FN3/c1-12(2)19-6-8-20(9-7-19)16(11-18)14-10-13(3)4-5-15(14)17/h4-5,10,12,16H,6-9,11,18H2,1-3H3. The van der Waals surface area contributed by atoms with Gasteiger partial charge < -0.3 is 5.73 Å². The highest BCUT2D eigenvalue weighted by Gasteiger charge is 2.26. The third-order valence-electron chi connectivity index (χ3n) is 4.25. The minimum absolute atomic E-state index is 0.00999. The van der Waals surface area contributed by atoms with Crippen LogP contribution in [0.25, 0.3) is 0 Å². The van der Waals surface area contributed by atoms with Crippen LogP contribution in [0.15, 0.2) is 18.2 Å². The molecule has 3 nitrogen and oxygen atoms in total. The van der Waals surface area contributed by atoms with E-state index in [0.717, 1.165) is 37.3 Å². The summed E-state index contributed by atoms with van der Waals surface area (Å²) < 4.78 is 14.1. The molecule has 1 saturated heterocycles. The average molecular weight is 279 g/mol. The third kappa shape index (κ3) is 3.37. The molecule has 20 heavy (non-hydrogen) atoms. The molecule has 4 heteroatoms. The molecule has 0 radical (unpaired) electrons. The Hall–Kier alpha value is -0.970. The number of benzene rings is 1. The maximum absolute atomic E-state index is 14.1. The Morgan fingerprint density at radius 3 is 2.30 bits per heavy atom. The predicted octanol–water partition coefficient (Wildman–Crippen LogP) is 2.16. The zero-order chi connectivity index (χ0) is 14.7. The Kier molecular flexibility index (Phi) is 5.13. The van der Waals surface area contributed by atoms with E-state index < -0.39 is 0 Å². The van der Waals surface area contributed by atoms with Crippen LogP contribution in [0.5, 0.6) is 0 Å². The van der Waals surface area contributed by atoms with Gasteiger partial charge in [0, 0.05) is 44.3 Å². The lowest BCUT2D eigenvalue weighted by Gasteiger charge is -2.40. The Morgan fingerprint density at radius 1 is 1.15 bits per heavy atom. The summed E-state index contributed by atoms with van der Waals surface area (Å²) >= 11 is 0. The van der Waals surface area contributed by atoms with Gasteiger partial charge in [0.25, 0.3) is 0 Å². The maximum Gasteiger partial charge on any atom is 0.128 e. The van der Waals surface area contributed by atoms with Crippen LogP contribution >= 0.6 is 0 Å². The first-order chi connectivity index (χ1) is 9.52. The molecule has 1 aromatic carbocycles. The van der Waals surface area contributed by atoms with Crippen molar-refractivity contribution in [2.45, 2.75) is 32.9 Å². The highest BCUT2D eigenvalue weighted by molar-refractivity contribution is 5.27.